The first-order valence-electron chi connectivity index (χ1n) is 11.6. The zero-order valence-corrected chi connectivity index (χ0v) is 22.0. The van der Waals surface area contributed by atoms with Crippen LogP contribution in [0.1, 0.15) is 34.6 Å². The number of ketones is 1. The van der Waals surface area contributed by atoms with Gasteiger partial charge in [-0.2, -0.15) is 0 Å². The van der Waals surface area contributed by atoms with Gasteiger partial charge in [-0.25, -0.2) is 4.98 Å². The summed E-state index contributed by atoms with van der Waals surface area (Å²) in [5.41, 5.74) is 1.24. The third kappa shape index (κ3) is 4.42. The average molecular weight is 537 g/mol. The molecule has 0 saturated carbocycles. The Bertz CT molecular complexity index is 1510. The third-order valence-corrected chi connectivity index (χ3v) is 7.84. The quantitative estimate of drug-likeness (QED) is 0.264. The maximum absolute atomic E-state index is 13.6. The van der Waals surface area contributed by atoms with Gasteiger partial charge < -0.3 is 19.3 Å². The van der Waals surface area contributed by atoms with Crippen molar-refractivity contribution in [2.24, 2.45) is 0 Å². The minimum atomic E-state index is -0.918. The first-order chi connectivity index (χ1) is 18.0. The van der Waals surface area contributed by atoms with Gasteiger partial charge in [-0.3, -0.25) is 14.5 Å². The second-order valence-corrected chi connectivity index (χ2v) is 10.2. The Morgan fingerprint density at radius 3 is 2.65 bits per heavy atom. The number of aromatic nitrogens is 1. The molecular formula is C27H24N2O6S2. The summed E-state index contributed by atoms with van der Waals surface area (Å²) < 4.78 is 17.5. The highest BCUT2D eigenvalue weighted by molar-refractivity contribution is 7.22. The Hall–Kier alpha value is -3.89. The predicted molar refractivity (Wildman–Crippen MR) is 143 cm³/mol. The maximum Gasteiger partial charge on any atom is 0.296 e. The van der Waals surface area contributed by atoms with Gasteiger partial charge in [0.1, 0.15) is 5.75 Å². The normalized spacial score (nSPS) is 15.5. The number of fused-ring (bicyclic) bond motifs is 1. The van der Waals surface area contributed by atoms with Crippen molar-refractivity contribution in [3.63, 3.8) is 0 Å². The van der Waals surface area contributed by atoms with Gasteiger partial charge in [-0.05, 0) is 53.8 Å². The molecule has 10 heteroatoms. The molecule has 0 fully saturated rings. The molecule has 0 bridgehead atoms. The van der Waals surface area contributed by atoms with Crippen LogP contribution >= 0.6 is 22.7 Å². The second kappa shape index (κ2) is 10.2. The van der Waals surface area contributed by atoms with E-state index in [1.807, 2.05) is 13.0 Å². The number of nitrogens with zero attached hydrogens (tertiary/aromatic N) is 2. The van der Waals surface area contributed by atoms with Crippen molar-refractivity contribution in [3.8, 4) is 17.2 Å². The van der Waals surface area contributed by atoms with E-state index in [4.69, 9.17) is 14.2 Å². The van der Waals surface area contributed by atoms with Crippen LogP contribution in [0.4, 0.5) is 5.13 Å². The van der Waals surface area contributed by atoms with E-state index in [9.17, 15) is 14.7 Å². The number of aliphatic hydroxyl groups excluding tert-OH is 1. The molecule has 1 unspecified atom stereocenters. The third-order valence-electron chi connectivity index (χ3n) is 5.95. The van der Waals surface area contributed by atoms with E-state index >= 15 is 0 Å². The van der Waals surface area contributed by atoms with E-state index < -0.39 is 23.5 Å². The maximum atomic E-state index is 13.6. The summed E-state index contributed by atoms with van der Waals surface area (Å²) in [5, 5.41) is 13.1. The Labute approximate surface area is 221 Å². The van der Waals surface area contributed by atoms with Gasteiger partial charge in [0.15, 0.2) is 22.4 Å². The van der Waals surface area contributed by atoms with Crippen molar-refractivity contribution in [1.29, 1.82) is 0 Å². The number of thiophene rings is 1. The number of carbonyl (C=O) groups excluding carboxylic acids is 2. The zero-order chi connectivity index (χ0) is 26.1. The molecule has 0 spiro atoms. The first-order valence-corrected chi connectivity index (χ1v) is 13.3. The molecule has 3 heterocycles. The average Bonchev–Trinajstić information content (AvgIpc) is 3.65. The zero-order valence-electron chi connectivity index (χ0n) is 20.4. The van der Waals surface area contributed by atoms with Crippen molar-refractivity contribution < 1.29 is 28.9 Å². The molecule has 1 N–H and O–H groups in total. The Kier molecular flexibility index (Phi) is 6.86. The Morgan fingerprint density at radius 2 is 1.95 bits per heavy atom. The van der Waals surface area contributed by atoms with Crippen molar-refractivity contribution in [2.75, 3.05) is 25.7 Å². The number of ether oxygens (including phenoxy) is 3. The van der Waals surface area contributed by atoms with Crippen LogP contribution in [0.5, 0.6) is 17.2 Å². The second-order valence-electron chi connectivity index (χ2n) is 8.24. The highest BCUT2D eigenvalue weighted by atomic mass is 32.1. The van der Waals surface area contributed by atoms with Crippen molar-refractivity contribution >= 4 is 49.7 Å². The number of hydrogen-bond acceptors (Lipinski definition) is 9. The summed E-state index contributed by atoms with van der Waals surface area (Å²) >= 11 is 2.52. The molecule has 0 aliphatic carbocycles. The first kappa shape index (κ1) is 24.8. The molecular weight excluding hydrogens is 512 g/mol. The van der Waals surface area contributed by atoms with E-state index in [0.717, 1.165) is 11.1 Å². The molecule has 5 rings (SSSR count). The molecule has 2 aromatic carbocycles. The summed E-state index contributed by atoms with van der Waals surface area (Å²) in [5.74, 6) is -0.0286. The monoisotopic (exact) mass is 536 g/mol. The van der Waals surface area contributed by atoms with Gasteiger partial charge in [0.05, 0.1) is 47.5 Å². The van der Waals surface area contributed by atoms with Gasteiger partial charge in [0.25, 0.3) is 5.91 Å². The number of anilines is 1. The largest absolute Gasteiger partial charge is 0.503 e. The lowest BCUT2D eigenvalue weighted by Crippen LogP contribution is -2.31. The summed E-state index contributed by atoms with van der Waals surface area (Å²) in [6.07, 6.45) is 0.828. The Morgan fingerprint density at radius 1 is 1.11 bits per heavy atom. The van der Waals surface area contributed by atoms with Crippen molar-refractivity contribution in [2.45, 2.75) is 19.4 Å². The van der Waals surface area contributed by atoms with Crippen LogP contribution in [0.25, 0.3) is 10.2 Å². The van der Waals surface area contributed by atoms with Gasteiger partial charge in [-0.1, -0.05) is 30.4 Å². The van der Waals surface area contributed by atoms with Crippen LogP contribution in [-0.2, 0) is 4.79 Å². The predicted octanol–water partition coefficient (Wildman–Crippen LogP) is 5.95. The van der Waals surface area contributed by atoms with E-state index in [-0.39, 0.29) is 5.57 Å². The van der Waals surface area contributed by atoms with Gasteiger partial charge >= 0.3 is 0 Å². The lowest BCUT2D eigenvalue weighted by molar-refractivity contribution is -0.117. The number of thiazole rings is 1. The highest BCUT2D eigenvalue weighted by Crippen LogP contribution is 2.46. The van der Waals surface area contributed by atoms with Crippen molar-refractivity contribution in [3.05, 3.63) is 75.7 Å². The lowest BCUT2D eigenvalue weighted by Gasteiger charge is -2.25. The number of Topliss-reactive ketones (excluding diaryl/α,β-unsaturated/α-hetero) is 1. The molecule has 2 aromatic heterocycles. The molecule has 1 aliphatic heterocycles. The van der Waals surface area contributed by atoms with E-state index in [1.54, 1.807) is 55.0 Å². The smallest absolute Gasteiger partial charge is 0.296 e. The minimum absolute atomic E-state index is 0.00596. The molecule has 0 saturated heterocycles. The molecule has 0 radical (unpaired) electrons. The molecule has 1 atom stereocenters. The molecule has 8 nitrogen and oxygen atoms in total. The van der Waals surface area contributed by atoms with Gasteiger partial charge in [0, 0.05) is 0 Å². The van der Waals surface area contributed by atoms with Crippen LogP contribution < -0.4 is 19.1 Å². The topological polar surface area (TPSA) is 98.2 Å². The SMILES string of the molecule is CCCOc1ccc(C2C(C(=O)c3cccs3)=C(O)C(=O)N2c2nc3ccc(OC)cc3s2)cc1OC. The lowest BCUT2D eigenvalue weighted by atomic mass is 9.95. The fraction of sp³-hybridized carbons (Fsp3) is 0.222. The number of hydrogen-bond donors (Lipinski definition) is 1. The minimum Gasteiger partial charge on any atom is -0.503 e. The number of rotatable bonds is 9. The number of benzene rings is 2. The Balaban J connectivity index is 1.66. The number of aliphatic hydroxyl groups is 1. The molecule has 4 aromatic rings. The van der Waals surface area contributed by atoms with Crippen LogP contribution in [0.15, 0.2) is 65.2 Å². The van der Waals surface area contributed by atoms with E-state index in [1.165, 1.54) is 34.7 Å². The standard InChI is InChI=1S/C27H24N2O6S2/c1-4-11-35-18-10-7-15(13-19(18)34-3)23-22(24(30)20-6-5-12-36-20)25(31)26(32)29(23)27-28-17-9-8-16(33-2)14-21(17)37-27/h5-10,12-14,23,31H,4,11H2,1-3H3. The van der Waals surface area contributed by atoms with Crippen molar-refractivity contribution in [1.82, 2.24) is 4.98 Å². The van der Waals surface area contributed by atoms with Crippen LogP contribution in [-0.4, -0.2) is 42.6 Å². The highest BCUT2D eigenvalue weighted by Gasteiger charge is 2.46. The number of amides is 1. The number of carbonyl (C=O) groups is 2. The number of methoxy groups -OCH3 is 2. The molecule has 37 heavy (non-hydrogen) atoms. The van der Waals surface area contributed by atoms with Crippen LogP contribution in [0.2, 0.25) is 0 Å². The summed E-state index contributed by atoms with van der Waals surface area (Å²) in [4.78, 5) is 33.5. The van der Waals surface area contributed by atoms with Crippen LogP contribution in [0.3, 0.4) is 0 Å². The molecule has 1 amide bonds. The summed E-state index contributed by atoms with van der Waals surface area (Å²) in [7, 11) is 3.11. The summed E-state index contributed by atoms with van der Waals surface area (Å²) in [6, 6.07) is 13.2. The van der Waals surface area contributed by atoms with E-state index in [0.29, 0.717) is 44.9 Å². The fourth-order valence-corrected chi connectivity index (χ4v) is 5.90. The van der Waals surface area contributed by atoms with Crippen LogP contribution in [0, 0.1) is 0 Å². The summed E-state index contributed by atoms with van der Waals surface area (Å²) in [6.45, 7) is 2.52. The van der Waals surface area contributed by atoms with Gasteiger partial charge in [0.2, 0.25) is 5.78 Å². The molecule has 1 aliphatic rings. The molecule has 190 valence electrons. The van der Waals surface area contributed by atoms with E-state index in [2.05, 4.69) is 4.98 Å². The van der Waals surface area contributed by atoms with Gasteiger partial charge in [-0.15, -0.1) is 11.3 Å². The fourth-order valence-electron chi connectivity index (χ4n) is 4.20.